The fourth-order valence-electron chi connectivity index (χ4n) is 1.25. The van der Waals surface area contributed by atoms with Crippen LogP contribution in [0.1, 0.15) is 12.6 Å². The Labute approximate surface area is 85.3 Å². The summed E-state index contributed by atoms with van der Waals surface area (Å²) < 4.78 is 7.04. The second kappa shape index (κ2) is 5.78. The molecule has 1 unspecified atom stereocenters. The number of rotatable bonds is 6. The molecule has 1 heterocycles. The lowest BCUT2D eigenvalue weighted by Gasteiger charge is -2.10. The van der Waals surface area contributed by atoms with Crippen molar-refractivity contribution < 1.29 is 4.74 Å². The molecule has 1 aromatic heterocycles. The molecule has 1 aromatic rings. The molecule has 0 aliphatic carbocycles. The molecule has 0 saturated carbocycles. The third-order valence-electron chi connectivity index (χ3n) is 2.31. The number of ether oxygens (including phenoxy) is 1. The van der Waals surface area contributed by atoms with Gasteiger partial charge in [0.15, 0.2) is 0 Å². The normalized spacial score (nSPS) is 13.1. The largest absolute Gasteiger partial charge is 0.380 e. The number of nitrogens with one attached hydrogen (secondary N) is 1. The van der Waals surface area contributed by atoms with Gasteiger partial charge in [-0.2, -0.15) is 5.10 Å². The molecule has 1 rings (SSSR count). The SMILES string of the molecule is COC(C)CNCCc1ccnn1C. The van der Waals surface area contributed by atoms with Gasteiger partial charge in [-0.3, -0.25) is 4.68 Å². The first-order valence-corrected chi connectivity index (χ1v) is 4.94. The van der Waals surface area contributed by atoms with Crippen LogP contribution in [0.2, 0.25) is 0 Å². The van der Waals surface area contributed by atoms with Crippen molar-refractivity contribution >= 4 is 0 Å². The van der Waals surface area contributed by atoms with Gasteiger partial charge in [-0.25, -0.2) is 0 Å². The number of hydrogen-bond acceptors (Lipinski definition) is 3. The minimum absolute atomic E-state index is 0.279. The summed E-state index contributed by atoms with van der Waals surface area (Å²) in [7, 11) is 3.70. The highest BCUT2D eigenvalue weighted by Crippen LogP contribution is 1.96. The number of nitrogens with zero attached hydrogens (tertiary/aromatic N) is 2. The van der Waals surface area contributed by atoms with E-state index in [0.29, 0.717) is 0 Å². The summed E-state index contributed by atoms with van der Waals surface area (Å²) in [5.74, 6) is 0. The summed E-state index contributed by atoms with van der Waals surface area (Å²) in [6.45, 7) is 3.92. The number of aryl methyl sites for hydroxylation is 1. The van der Waals surface area contributed by atoms with Crippen molar-refractivity contribution in [2.45, 2.75) is 19.4 Å². The fourth-order valence-corrected chi connectivity index (χ4v) is 1.25. The van der Waals surface area contributed by atoms with Gasteiger partial charge in [0.25, 0.3) is 0 Å². The molecule has 4 nitrogen and oxygen atoms in total. The Morgan fingerprint density at radius 2 is 2.43 bits per heavy atom. The highest BCUT2D eigenvalue weighted by molar-refractivity contribution is 5.00. The Morgan fingerprint density at radius 1 is 1.64 bits per heavy atom. The number of aromatic nitrogens is 2. The first-order valence-electron chi connectivity index (χ1n) is 4.94. The highest BCUT2D eigenvalue weighted by Gasteiger charge is 2.00. The molecule has 0 fully saturated rings. The lowest BCUT2D eigenvalue weighted by atomic mass is 10.3. The van der Waals surface area contributed by atoms with Gasteiger partial charge in [-0.15, -0.1) is 0 Å². The third kappa shape index (κ3) is 3.47. The van der Waals surface area contributed by atoms with Gasteiger partial charge in [-0.05, 0) is 13.0 Å². The zero-order chi connectivity index (χ0) is 10.4. The monoisotopic (exact) mass is 197 g/mol. The molecule has 0 spiro atoms. The predicted octanol–water partition coefficient (Wildman–Crippen LogP) is 0.587. The zero-order valence-corrected chi connectivity index (χ0v) is 9.16. The van der Waals surface area contributed by atoms with E-state index in [2.05, 4.69) is 17.3 Å². The summed E-state index contributed by atoms with van der Waals surface area (Å²) in [4.78, 5) is 0. The van der Waals surface area contributed by atoms with Crippen LogP contribution in [0.5, 0.6) is 0 Å². The molecule has 4 heteroatoms. The van der Waals surface area contributed by atoms with E-state index in [9.17, 15) is 0 Å². The maximum atomic E-state index is 5.13. The van der Waals surface area contributed by atoms with Crippen molar-refractivity contribution in [3.8, 4) is 0 Å². The highest BCUT2D eigenvalue weighted by atomic mass is 16.5. The van der Waals surface area contributed by atoms with Crippen molar-refractivity contribution in [1.29, 1.82) is 0 Å². The van der Waals surface area contributed by atoms with Crippen molar-refractivity contribution in [3.05, 3.63) is 18.0 Å². The van der Waals surface area contributed by atoms with Gasteiger partial charge in [-0.1, -0.05) is 0 Å². The Morgan fingerprint density at radius 3 is 3.00 bits per heavy atom. The maximum absolute atomic E-state index is 5.13. The van der Waals surface area contributed by atoms with Gasteiger partial charge in [0.05, 0.1) is 6.10 Å². The number of hydrogen-bond donors (Lipinski definition) is 1. The summed E-state index contributed by atoms with van der Waals surface area (Å²) in [5.41, 5.74) is 1.25. The molecule has 0 aromatic carbocycles. The Kier molecular flexibility index (Phi) is 4.62. The molecule has 1 atom stereocenters. The van der Waals surface area contributed by atoms with Crippen LogP contribution in [0.15, 0.2) is 12.3 Å². The average molecular weight is 197 g/mol. The second-order valence-electron chi connectivity index (χ2n) is 3.45. The molecule has 0 aliphatic heterocycles. The molecular formula is C10H19N3O. The van der Waals surface area contributed by atoms with Gasteiger partial charge in [0.2, 0.25) is 0 Å². The Bertz CT molecular complexity index is 260. The van der Waals surface area contributed by atoms with E-state index in [1.54, 1.807) is 7.11 Å². The van der Waals surface area contributed by atoms with Crippen molar-refractivity contribution in [3.63, 3.8) is 0 Å². The lowest BCUT2D eigenvalue weighted by molar-refractivity contribution is 0.117. The maximum Gasteiger partial charge on any atom is 0.0667 e. The van der Waals surface area contributed by atoms with E-state index in [0.717, 1.165) is 19.5 Å². The Balaban J connectivity index is 2.13. The minimum Gasteiger partial charge on any atom is -0.380 e. The lowest BCUT2D eigenvalue weighted by Crippen LogP contribution is -2.28. The number of methoxy groups -OCH3 is 1. The molecule has 0 radical (unpaired) electrons. The second-order valence-corrected chi connectivity index (χ2v) is 3.45. The minimum atomic E-state index is 0.279. The predicted molar refractivity (Wildman–Crippen MR) is 56.3 cm³/mol. The van der Waals surface area contributed by atoms with Crippen LogP contribution in [0.25, 0.3) is 0 Å². The topological polar surface area (TPSA) is 39.1 Å². The van der Waals surface area contributed by atoms with E-state index in [1.807, 2.05) is 24.0 Å². The fraction of sp³-hybridized carbons (Fsp3) is 0.700. The molecule has 14 heavy (non-hydrogen) atoms. The van der Waals surface area contributed by atoms with Crippen molar-refractivity contribution in [1.82, 2.24) is 15.1 Å². The summed E-state index contributed by atoms with van der Waals surface area (Å²) >= 11 is 0. The smallest absolute Gasteiger partial charge is 0.0667 e. The molecule has 0 aliphatic rings. The summed E-state index contributed by atoms with van der Waals surface area (Å²) in [5, 5.41) is 7.45. The molecular weight excluding hydrogens is 178 g/mol. The van der Waals surface area contributed by atoms with E-state index >= 15 is 0 Å². The first kappa shape index (κ1) is 11.2. The quantitative estimate of drug-likeness (QED) is 0.678. The molecule has 0 bridgehead atoms. The van der Waals surface area contributed by atoms with Crippen molar-refractivity contribution in [2.75, 3.05) is 20.2 Å². The molecule has 0 saturated heterocycles. The van der Waals surface area contributed by atoms with Gasteiger partial charge in [0.1, 0.15) is 0 Å². The molecule has 0 amide bonds. The third-order valence-corrected chi connectivity index (χ3v) is 2.31. The van der Waals surface area contributed by atoms with Gasteiger partial charge in [0, 0.05) is 45.6 Å². The van der Waals surface area contributed by atoms with Crippen LogP contribution in [-0.2, 0) is 18.2 Å². The van der Waals surface area contributed by atoms with Crippen LogP contribution >= 0.6 is 0 Å². The molecule has 80 valence electrons. The van der Waals surface area contributed by atoms with Crippen LogP contribution in [0.4, 0.5) is 0 Å². The standard InChI is InChI=1S/C10H19N3O/c1-9(14-3)8-11-6-4-10-5-7-12-13(10)2/h5,7,9,11H,4,6,8H2,1-3H3. The van der Waals surface area contributed by atoms with Crippen LogP contribution in [-0.4, -0.2) is 36.1 Å². The first-order chi connectivity index (χ1) is 6.74. The zero-order valence-electron chi connectivity index (χ0n) is 9.16. The van der Waals surface area contributed by atoms with E-state index in [4.69, 9.17) is 4.74 Å². The van der Waals surface area contributed by atoms with E-state index in [-0.39, 0.29) is 6.10 Å². The van der Waals surface area contributed by atoms with Crippen LogP contribution in [0.3, 0.4) is 0 Å². The van der Waals surface area contributed by atoms with Gasteiger partial charge < -0.3 is 10.1 Å². The van der Waals surface area contributed by atoms with Gasteiger partial charge >= 0.3 is 0 Å². The summed E-state index contributed by atoms with van der Waals surface area (Å²) in [6.07, 6.45) is 3.11. The van der Waals surface area contributed by atoms with Crippen LogP contribution < -0.4 is 5.32 Å². The van der Waals surface area contributed by atoms with E-state index in [1.165, 1.54) is 5.69 Å². The Hall–Kier alpha value is -0.870. The summed E-state index contributed by atoms with van der Waals surface area (Å²) in [6, 6.07) is 2.04. The average Bonchev–Trinajstić information content (AvgIpc) is 2.58. The van der Waals surface area contributed by atoms with Crippen LogP contribution in [0, 0.1) is 0 Å². The van der Waals surface area contributed by atoms with E-state index < -0.39 is 0 Å². The van der Waals surface area contributed by atoms with Crippen molar-refractivity contribution in [2.24, 2.45) is 7.05 Å². The molecule has 1 N–H and O–H groups in total.